The highest BCUT2D eigenvalue weighted by atomic mass is 79.9. The van der Waals surface area contributed by atoms with Crippen LogP contribution in [0.2, 0.25) is 0 Å². The molecule has 10 heavy (non-hydrogen) atoms. The van der Waals surface area contributed by atoms with E-state index < -0.39 is 0 Å². The summed E-state index contributed by atoms with van der Waals surface area (Å²) in [5, 5.41) is 0. The summed E-state index contributed by atoms with van der Waals surface area (Å²) in [4.78, 5) is 0. The van der Waals surface area contributed by atoms with Crippen molar-refractivity contribution in [2.24, 2.45) is 0 Å². The second-order valence-electron chi connectivity index (χ2n) is 1.91. The first kappa shape index (κ1) is 8.08. The highest BCUT2D eigenvalue weighted by Crippen LogP contribution is 2.17. The fraction of sp³-hybridized carbons (Fsp3) is 0.143. The second-order valence-corrected chi connectivity index (χ2v) is 3.08. The van der Waals surface area contributed by atoms with Gasteiger partial charge in [-0.3, -0.25) is 0 Å². The van der Waals surface area contributed by atoms with E-state index >= 15 is 0 Å². The van der Waals surface area contributed by atoms with Gasteiger partial charge in [-0.25, -0.2) is 4.39 Å². The molecule has 0 heterocycles. The van der Waals surface area contributed by atoms with Crippen molar-refractivity contribution < 1.29 is 4.39 Å². The van der Waals surface area contributed by atoms with Crippen LogP contribution in [-0.4, -0.2) is 0 Å². The summed E-state index contributed by atoms with van der Waals surface area (Å²) in [7, 11) is 0. The van der Waals surface area contributed by atoms with Gasteiger partial charge >= 0.3 is 0 Å². The van der Waals surface area contributed by atoms with Crippen LogP contribution in [0.15, 0.2) is 22.7 Å². The van der Waals surface area contributed by atoms with Gasteiger partial charge in [-0.2, -0.15) is 12.6 Å². The Labute approximate surface area is 73.0 Å². The van der Waals surface area contributed by atoms with Gasteiger partial charge in [0.05, 0.1) is 4.47 Å². The van der Waals surface area contributed by atoms with E-state index in [1.165, 1.54) is 6.07 Å². The standard InChI is InChI=1S/C7H6BrFS/c8-6-3-5(4-10)1-2-7(6)9/h1-3,10H,4H2. The average molecular weight is 221 g/mol. The smallest absolute Gasteiger partial charge is 0.137 e. The first-order valence-electron chi connectivity index (χ1n) is 2.79. The number of hydrogen-bond acceptors (Lipinski definition) is 1. The van der Waals surface area contributed by atoms with Crippen LogP contribution < -0.4 is 0 Å². The molecule has 0 aromatic heterocycles. The van der Waals surface area contributed by atoms with Crippen molar-refractivity contribution in [1.29, 1.82) is 0 Å². The molecule has 1 aromatic carbocycles. The summed E-state index contributed by atoms with van der Waals surface area (Å²) in [5.74, 6) is 0.407. The quantitative estimate of drug-likeness (QED) is 0.692. The van der Waals surface area contributed by atoms with E-state index in [1.807, 2.05) is 0 Å². The molecule has 0 saturated heterocycles. The van der Waals surface area contributed by atoms with Crippen LogP contribution in [0.25, 0.3) is 0 Å². The first-order chi connectivity index (χ1) is 4.74. The molecule has 0 saturated carbocycles. The van der Waals surface area contributed by atoms with Crippen molar-refractivity contribution in [3.63, 3.8) is 0 Å². The maximum Gasteiger partial charge on any atom is 0.137 e. The molecule has 0 nitrogen and oxygen atoms in total. The number of hydrogen-bond donors (Lipinski definition) is 1. The van der Waals surface area contributed by atoms with Crippen LogP contribution >= 0.6 is 28.6 Å². The molecule has 0 spiro atoms. The fourth-order valence-electron chi connectivity index (χ4n) is 0.638. The molecule has 0 amide bonds. The summed E-state index contributed by atoms with van der Waals surface area (Å²) in [6.07, 6.45) is 0. The van der Waals surface area contributed by atoms with E-state index in [0.29, 0.717) is 10.2 Å². The fourth-order valence-corrected chi connectivity index (χ4v) is 1.26. The zero-order valence-electron chi connectivity index (χ0n) is 5.14. The lowest BCUT2D eigenvalue weighted by atomic mass is 10.2. The van der Waals surface area contributed by atoms with Gasteiger partial charge in [-0.05, 0) is 33.6 Å². The van der Waals surface area contributed by atoms with E-state index in [-0.39, 0.29) is 5.82 Å². The number of benzene rings is 1. The lowest BCUT2D eigenvalue weighted by molar-refractivity contribution is 0.620. The SMILES string of the molecule is Fc1ccc(CS)cc1Br. The first-order valence-corrected chi connectivity index (χ1v) is 4.21. The van der Waals surface area contributed by atoms with E-state index in [1.54, 1.807) is 12.1 Å². The van der Waals surface area contributed by atoms with Crippen LogP contribution in [0.4, 0.5) is 4.39 Å². The largest absolute Gasteiger partial charge is 0.206 e. The van der Waals surface area contributed by atoms with E-state index in [9.17, 15) is 4.39 Å². The summed E-state index contributed by atoms with van der Waals surface area (Å²) in [5.41, 5.74) is 1.01. The molecular weight excluding hydrogens is 215 g/mol. The Hall–Kier alpha value is -0.0200. The Morgan fingerprint density at radius 1 is 1.50 bits per heavy atom. The van der Waals surface area contributed by atoms with Crippen LogP contribution in [0, 0.1) is 5.82 Å². The highest BCUT2D eigenvalue weighted by Gasteiger charge is 1.97. The summed E-state index contributed by atoms with van der Waals surface area (Å²) >= 11 is 7.13. The third-order valence-electron chi connectivity index (χ3n) is 1.17. The third-order valence-corrected chi connectivity index (χ3v) is 2.14. The zero-order valence-corrected chi connectivity index (χ0v) is 7.62. The van der Waals surface area contributed by atoms with Gasteiger partial charge in [0.15, 0.2) is 0 Å². The van der Waals surface area contributed by atoms with Crippen molar-refractivity contribution in [2.45, 2.75) is 5.75 Å². The maximum absolute atomic E-state index is 12.6. The predicted octanol–water partition coefficient (Wildman–Crippen LogP) is 3.02. The van der Waals surface area contributed by atoms with Crippen molar-refractivity contribution in [2.75, 3.05) is 0 Å². The molecule has 0 unspecified atom stereocenters. The number of thiol groups is 1. The van der Waals surface area contributed by atoms with Gasteiger partial charge in [0.1, 0.15) is 5.82 Å². The monoisotopic (exact) mass is 220 g/mol. The lowest BCUT2D eigenvalue weighted by Gasteiger charge is -1.96. The molecule has 0 bridgehead atoms. The molecule has 0 aliphatic rings. The topological polar surface area (TPSA) is 0 Å². The second kappa shape index (κ2) is 3.39. The van der Waals surface area contributed by atoms with Crippen molar-refractivity contribution >= 4 is 28.6 Å². The third kappa shape index (κ3) is 1.73. The molecule has 1 rings (SSSR count). The Morgan fingerprint density at radius 2 is 2.20 bits per heavy atom. The van der Waals surface area contributed by atoms with Gasteiger partial charge in [0.2, 0.25) is 0 Å². The van der Waals surface area contributed by atoms with Crippen molar-refractivity contribution in [3.05, 3.63) is 34.1 Å². The summed E-state index contributed by atoms with van der Waals surface area (Å²) in [6.45, 7) is 0. The molecule has 0 radical (unpaired) electrons. The molecule has 1 aromatic rings. The van der Waals surface area contributed by atoms with Gasteiger partial charge < -0.3 is 0 Å². The van der Waals surface area contributed by atoms with E-state index in [4.69, 9.17) is 0 Å². The van der Waals surface area contributed by atoms with Crippen LogP contribution in [0.3, 0.4) is 0 Å². The maximum atomic E-state index is 12.6. The van der Waals surface area contributed by atoms with Crippen LogP contribution in [0.5, 0.6) is 0 Å². The summed E-state index contributed by atoms with van der Waals surface area (Å²) < 4.78 is 13.1. The lowest BCUT2D eigenvalue weighted by Crippen LogP contribution is -1.80. The molecule has 0 atom stereocenters. The normalized spacial score (nSPS) is 9.90. The van der Waals surface area contributed by atoms with Gasteiger partial charge in [-0.15, -0.1) is 0 Å². The Kier molecular flexibility index (Phi) is 2.74. The Bertz CT molecular complexity index is 237. The van der Waals surface area contributed by atoms with Gasteiger partial charge in [-0.1, -0.05) is 6.07 Å². The minimum Gasteiger partial charge on any atom is -0.206 e. The molecular formula is C7H6BrFS. The molecule has 3 heteroatoms. The van der Waals surface area contributed by atoms with Gasteiger partial charge in [0.25, 0.3) is 0 Å². The molecule has 0 N–H and O–H groups in total. The van der Waals surface area contributed by atoms with E-state index in [0.717, 1.165) is 5.56 Å². The Morgan fingerprint density at radius 3 is 2.70 bits per heavy atom. The average Bonchev–Trinajstić information content (AvgIpc) is 1.95. The number of rotatable bonds is 1. The zero-order chi connectivity index (χ0) is 7.56. The van der Waals surface area contributed by atoms with Crippen molar-refractivity contribution in [3.8, 4) is 0 Å². The minimum atomic E-state index is -0.231. The van der Waals surface area contributed by atoms with Gasteiger partial charge in [0, 0.05) is 5.75 Å². The van der Waals surface area contributed by atoms with E-state index in [2.05, 4.69) is 28.6 Å². The minimum absolute atomic E-state index is 0.231. The van der Waals surface area contributed by atoms with Crippen LogP contribution in [-0.2, 0) is 5.75 Å². The molecule has 0 aliphatic heterocycles. The van der Waals surface area contributed by atoms with Crippen molar-refractivity contribution in [1.82, 2.24) is 0 Å². The molecule has 54 valence electrons. The molecule has 0 aliphatic carbocycles. The molecule has 0 fully saturated rings. The Balaban J connectivity index is 3.04. The van der Waals surface area contributed by atoms with Crippen LogP contribution in [0.1, 0.15) is 5.56 Å². The number of halogens is 2. The highest BCUT2D eigenvalue weighted by molar-refractivity contribution is 9.10. The summed E-state index contributed by atoms with van der Waals surface area (Å²) in [6, 6.07) is 4.87. The predicted molar refractivity (Wildman–Crippen MR) is 46.8 cm³/mol.